The molecule has 4 N–H and O–H groups in total. The summed E-state index contributed by atoms with van der Waals surface area (Å²) in [5, 5.41) is 6.50. The Balaban J connectivity index is 2.10. The second-order valence-electron chi connectivity index (χ2n) is 5.59. The maximum atomic E-state index is 6.14. The zero-order chi connectivity index (χ0) is 15.2. The van der Waals surface area contributed by atoms with Gasteiger partial charge in [-0.05, 0) is 37.0 Å². The molecule has 0 amide bonds. The van der Waals surface area contributed by atoms with Crippen molar-refractivity contribution >= 4 is 23.0 Å². The largest absolute Gasteiger partial charge is 0.393 e. The minimum atomic E-state index is 0.544. The van der Waals surface area contributed by atoms with E-state index in [1.54, 1.807) is 0 Å². The van der Waals surface area contributed by atoms with E-state index in [0.29, 0.717) is 23.2 Å². The third-order valence-electron chi connectivity index (χ3n) is 3.18. The summed E-state index contributed by atoms with van der Waals surface area (Å²) in [5.74, 6) is 1.95. The molecule has 0 atom stereocenters. The molecule has 0 radical (unpaired) electrons. The van der Waals surface area contributed by atoms with Gasteiger partial charge >= 0.3 is 0 Å². The van der Waals surface area contributed by atoms with Gasteiger partial charge in [0, 0.05) is 12.2 Å². The third kappa shape index (κ3) is 4.34. The Morgan fingerprint density at radius 3 is 2.67 bits per heavy atom. The molecule has 0 bridgehead atoms. The second-order valence-corrected chi connectivity index (χ2v) is 5.59. The van der Waals surface area contributed by atoms with E-state index in [9.17, 15) is 0 Å². The lowest BCUT2D eigenvalue weighted by molar-refractivity contribution is 0.606. The molecule has 1 aromatic heterocycles. The monoisotopic (exact) mass is 285 g/mol. The van der Waals surface area contributed by atoms with Crippen LogP contribution < -0.4 is 16.4 Å². The first-order valence-electron chi connectivity index (χ1n) is 7.24. The molecule has 2 rings (SSSR count). The van der Waals surface area contributed by atoms with Crippen LogP contribution in [-0.2, 0) is 0 Å². The van der Waals surface area contributed by atoms with Gasteiger partial charge in [0.05, 0.1) is 0 Å². The lowest BCUT2D eigenvalue weighted by Gasteiger charge is -2.13. The Hall–Kier alpha value is -2.30. The van der Waals surface area contributed by atoms with Crippen LogP contribution in [0.3, 0.4) is 0 Å². The van der Waals surface area contributed by atoms with Gasteiger partial charge in [-0.3, -0.25) is 0 Å². The van der Waals surface area contributed by atoms with Crippen LogP contribution in [-0.4, -0.2) is 16.5 Å². The highest BCUT2D eigenvalue weighted by molar-refractivity contribution is 5.77. The van der Waals surface area contributed by atoms with E-state index < -0.39 is 0 Å². The summed E-state index contributed by atoms with van der Waals surface area (Å²) < 4.78 is 0. The summed E-state index contributed by atoms with van der Waals surface area (Å²) in [6, 6.07) is 8.08. The second kappa shape index (κ2) is 6.92. The van der Waals surface area contributed by atoms with E-state index in [2.05, 4.69) is 34.4 Å². The number of hydrogen-bond acceptors (Lipinski definition) is 5. The van der Waals surface area contributed by atoms with Crippen molar-refractivity contribution in [3.63, 3.8) is 0 Å². The molecule has 5 heteroatoms. The summed E-state index contributed by atoms with van der Waals surface area (Å²) in [4.78, 5) is 8.43. The first kappa shape index (κ1) is 15.1. The standard InChI is InChI=1S/C16H23N5/c1-11(2)7-8-18-15-14(17)16(20-10-19-15)21-13-6-4-5-12(3)9-13/h4-6,9-11H,7-8,17H2,1-3H3,(H2,18,19,20,21). The first-order valence-corrected chi connectivity index (χ1v) is 7.24. The quantitative estimate of drug-likeness (QED) is 0.756. The number of nitrogens with zero attached hydrogens (tertiary/aromatic N) is 2. The summed E-state index contributed by atoms with van der Waals surface area (Å²) in [6.07, 6.45) is 2.59. The zero-order valence-electron chi connectivity index (χ0n) is 12.9. The number of hydrogen-bond donors (Lipinski definition) is 3. The van der Waals surface area contributed by atoms with Crippen molar-refractivity contribution in [1.82, 2.24) is 9.97 Å². The summed E-state index contributed by atoms with van der Waals surface area (Å²) in [5.41, 5.74) is 8.83. The number of aryl methyl sites for hydroxylation is 1. The first-order chi connectivity index (χ1) is 10.1. The number of nitrogen functional groups attached to an aromatic ring is 1. The highest BCUT2D eigenvalue weighted by Crippen LogP contribution is 2.26. The maximum absolute atomic E-state index is 6.14. The van der Waals surface area contributed by atoms with E-state index in [0.717, 1.165) is 18.7 Å². The average Bonchev–Trinajstić information content (AvgIpc) is 2.42. The minimum Gasteiger partial charge on any atom is -0.393 e. The molecule has 112 valence electrons. The predicted octanol–water partition coefficient (Wildman–Crippen LogP) is 3.57. The lowest BCUT2D eigenvalue weighted by Crippen LogP contribution is -2.10. The Bertz CT molecular complexity index is 595. The summed E-state index contributed by atoms with van der Waals surface area (Å²) in [7, 11) is 0. The van der Waals surface area contributed by atoms with E-state index >= 15 is 0 Å². The van der Waals surface area contributed by atoms with Crippen molar-refractivity contribution in [2.24, 2.45) is 5.92 Å². The molecule has 2 aromatic rings. The average molecular weight is 285 g/mol. The fourth-order valence-electron chi connectivity index (χ4n) is 1.97. The van der Waals surface area contributed by atoms with E-state index in [-0.39, 0.29) is 0 Å². The number of aromatic nitrogens is 2. The molecule has 0 aliphatic carbocycles. The van der Waals surface area contributed by atoms with Crippen molar-refractivity contribution in [1.29, 1.82) is 0 Å². The zero-order valence-corrected chi connectivity index (χ0v) is 12.9. The molecule has 21 heavy (non-hydrogen) atoms. The Labute approximate surface area is 126 Å². The summed E-state index contributed by atoms with van der Waals surface area (Å²) in [6.45, 7) is 7.28. The molecule has 0 unspecified atom stereocenters. The molecule has 0 fully saturated rings. The molecule has 0 aliphatic rings. The van der Waals surface area contributed by atoms with Crippen molar-refractivity contribution in [2.75, 3.05) is 22.9 Å². The van der Waals surface area contributed by atoms with Crippen LogP contribution in [0.15, 0.2) is 30.6 Å². The van der Waals surface area contributed by atoms with Crippen molar-refractivity contribution < 1.29 is 0 Å². The fourth-order valence-corrected chi connectivity index (χ4v) is 1.97. The molecule has 0 saturated heterocycles. The number of benzene rings is 1. The number of nitrogens with one attached hydrogen (secondary N) is 2. The molecule has 5 nitrogen and oxygen atoms in total. The van der Waals surface area contributed by atoms with Gasteiger partial charge in [0.25, 0.3) is 0 Å². The SMILES string of the molecule is Cc1cccc(Nc2ncnc(NCCC(C)C)c2N)c1. The number of anilines is 4. The lowest BCUT2D eigenvalue weighted by atomic mass is 10.1. The van der Waals surface area contributed by atoms with Gasteiger partial charge in [-0.2, -0.15) is 0 Å². The normalized spacial score (nSPS) is 10.7. The van der Waals surface area contributed by atoms with Crippen molar-refractivity contribution in [3.05, 3.63) is 36.2 Å². The van der Waals surface area contributed by atoms with Gasteiger partial charge in [0.1, 0.15) is 12.0 Å². The molecular weight excluding hydrogens is 262 g/mol. The minimum absolute atomic E-state index is 0.544. The summed E-state index contributed by atoms with van der Waals surface area (Å²) >= 11 is 0. The van der Waals surface area contributed by atoms with Crippen molar-refractivity contribution in [3.8, 4) is 0 Å². The molecular formula is C16H23N5. The van der Waals surface area contributed by atoms with Gasteiger partial charge < -0.3 is 16.4 Å². The van der Waals surface area contributed by atoms with Crippen LogP contribution in [0.4, 0.5) is 23.0 Å². The third-order valence-corrected chi connectivity index (χ3v) is 3.18. The van der Waals surface area contributed by atoms with Crippen LogP contribution in [0, 0.1) is 12.8 Å². The Morgan fingerprint density at radius 2 is 1.95 bits per heavy atom. The van der Waals surface area contributed by atoms with Crippen LogP contribution in [0.25, 0.3) is 0 Å². The van der Waals surface area contributed by atoms with Crippen LogP contribution in [0.2, 0.25) is 0 Å². The maximum Gasteiger partial charge on any atom is 0.159 e. The van der Waals surface area contributed by atoms with Gasteiger partial charge in [-0.15, -0.1) is 0 Å². The molecule has 0 aliphatic heterocycles. The predicted molar refractivity (Wildman–Crippen MR) is 88.9 cm³/mol. The smallest absolute Gasteiger partial charge is 0.159 e. The van der Waals surface area contributed by atoms with Gasteiger partial charge in [0.2, 0.25) is 0 Å². The number of nitrogens with two attached hydrogens (primary N) is 1. The van der Waals surface area contributed by atoms with E-state index in [4.69, 9.17) is 5.73 Å². The van der Waals surface area contributed by atoms with E-state index in [1.807, 2.05) is 31.2 Å². The van der Waals surface area contributed by atoms with Gasteiger partial charge in [-0.25, -0.2) is 9.97 Å². The molecule has 1 aromatic carbocycles. The van der Waals surface area contributed by atoms with Crippen LogP contribution in [0.1, 0.15) is 25.8 Å². The Morgan fingerprint density at radius 1 is 1.19 bits per heavy atom. The fraction of sp³-hybridized carbons (Fsp3) is 0.375. The molecule has 0 saturated carbocycles. The Kier molecular flexibility index (Phi) is 4.98. The molecule has 0 spiro atoms. The van der Waals surface area contributed by atoms with E-state index in [1.165, 1.54) is 11.9 Å². The number of rotatable bonds is 6. The van der Waals surface area contributed by atoms with Crippen LogP contribution >= 0.6 is 0 Å². The highest BCUT2D eigenvalue weighted by Gasteiger charge is 2.08. The van der Waals surface area contributed by atoms with Crippen LogP contribution in [0.5, 0.6) is 0 Å². The highest BCUT2D eigenvalue weighted by atomic mass is 15.1. The molecule has 1 heterocycles. The van der Waals surface area contributed by atoms with Crippen molar-refractivity contribution in [2.45, 2.75) is 27.2 Å². The topological polar surface area (TPSA) is 75.9 Å². The van der Waals surface area contributed by atoms with Gasteiger partial charge in [0.15, 0.2) is 11.6 Å². The van der Waals surface area contributed by atoms with Gasteiger partial charge in [-0.1, -0.05) is 26.0 Å².